The minimum Gasteiger partial charge on any atom is -0.493 e. The molecule has 0 amide bonds. The van der Waals surface area contributed by atoms with Crippen molar-refractivity contribution >= 4 is 5.69 Å². The maximum absolute atomic E-state index is 5.83. The molecule has 2 aromatic carbocycles. The van der Waals surface area contributed by atoms with Crippen molar-refractivity contribution in [1.82, 2.24) is 0 Å². The zero-order chi connectivity index (χ0) is 15.2. The van der Waals surface area contributed by atoms with Gasteiger partial charge in [-0.1, -0.05) is 26.0 Å². The Morgan fingerprint density at radius 1 is 1.00 bits per heavy atom. The Balaban J connectivity index is 2.06. The highest BCUT2D eigenvalue weighted by Gasteiger charge is 2.06. The van der Waals surface area contributed by atoms with Crippen LogP contribution in [0.4, 0.5) is 5.69 Å². The third kappa shape index (κ3) is 4.15. The molecule has 21 heavy (non-hydrogen) atoms. The largest absolute Gasteiger partial charge is 0.493 e. The number of nitrogen functional groups attached to an aromatic ring is 1. The SMILES string of the molecule is CCOc1ccc(N)cc1COc1ccc(C(C)C)cc1. The molecule has 0 aliphatic carbocycles. The van der Waals surface area contributed by atoms with Gasteiger partial charge < -0.3 is 15.2 Å². The molecule has 0 aromatic heterocycles. The van der Waals surface area contributed by atoms with Crippen molar-refractivity contribution in [3.05, 3.63) is 53.6 Å². The monoisotopic (exact) mass is 285 g/mol. The number of anilines is 1. The first-order valence-electron chi connectivity index (χ1n) is 7.34. The summed E-state index contributed by atoms with van der Waals surface area (Å²) in [4.78, 5) is 0. The fourth-order valence-corrected chi connectivity index (χ4v) is 2.12. The van der Waals surface area contributed by atoms with Crippen LogP contribution >= 0.6 is 0 Å². The van der Waals surface area contributed by atoms with E-state index in [0.717, 1.165) is 17.1 Å². The number of nitrogens with two attached hydrogens (primary N) is 1. The van der Waals surface area contributed by atoms with Crippen molar-refractivity contribution < 1.29 is 9.47 Å². The summed E-state index contributed by atoms with van der Waals surface area (Å²) in [6.07, 6.45) is 0. The first-order chi connectivity index (χ1) is 10.1. The highest BCUT2D eigenvalue weighted by atomic mass is 16.5. The number of benzene rings is 2. The van der Waals surface area contributed by atoms with Gasteiger partial charge in [0.15, 0.2) is 0 Å². The van der Waals surface area contributed by atoms with E-state index in [-0.39, 0.29) is 0 Å². The highest BCUT2D eigenvalue weighted by molar-refractivity contribution is 5.47. The average molecular weight is 285 g/mol. The molecule has 2 aromatic rings. The summed E-state index contributed by atoms with van der Waals surface area (Å²) in [5, 5.41) is 0. The Morgan fingerprint density at radius 2 is 1.71 bits per heavy atom. The fourth-order valence-electron chi connectivity index (χ4n) is 2.12. The zero-order valence-electron chi connectivity index (χ0n) is 12.9. The van der Waals surface area contributed by atoms with Crippen LogP contribution in [0, 0.1) is 0 Å². The van der Waals surface area contributed by atoms with E-state index in [9.17, 15) is 0 Å². The minimum absolute atomic E-state index is 0.446. The van der Waals surface area contributed by atoms with E-state index in [1.807, 2.05) is 37.3 Å². The Hall–Kier alpha value is -2.16. The van der Waals surface area contributed by atoms with Crippen molar-refractivity contribution in [3.63, 3.8) is 0 Å². The quantitative estimate of drug-likeness (QED) is 0.801. The number of hydrogen-bond acceptors (Lipinski definition) is 3. The topological polar surface area (TPSA) is 44.5 Å². The van der Waals surface area contributed by atoms with Gasteiger partial charge in [0, 0.05) is 11.3 Å². The lowest BCUT2D eigenvalue weighted by Gasteiger charge is -2.13. The molecule has 0 heterocycles. The molecule has 0 atom stereocenters. The van der Waals surface area contributed by atoms with Crippen LogP contribution in [0.5, 0.6) is 11.5 Å². The van der Waals surface area contributed by atoms with E-state index in [2.05, 4.69) is 26.0 Å². The summed E-state index contributed by atoms with van der Waals surface area (Å²) in [7, 11) is 0. The third-order valence-electron chi connectivity index (χ3n) is 3.33. The van der Waals surface area contributed by atoms with Crippen LogP contribution in [0.2, 0.25) is 0 Å². The lowest BCUT2D eigenvalue weighted by atomic mass is 10.0. The maximum Gasteiger partial charge on any atom is 0.126 e. The first kappa shape index (κ1) is 15.2. The second kappa shape index (κ2) is 7.02. The van der Waals surface area contributed by atoms with Crippen molar-refractivity contribution in [2.24, 2.45) is 0 Å². The molecular formula is C18H23NO2. The van der Waals surface area contributed by atoms with Crippen LogP contribution in [0.15, 0.2) is 42.5 Å². The maximum atomic E-state index is 5.83. The first-order valence-corrected chi connectivity index (χ1v) is 7.34. The predicted molar refractivity (Wildman–Crippen MR) is 86.9 cm³/mol. The Morgan fingerprint density at radius 3 is 2.33 bits per heavy atom. The van der Waals surface area contributed by atoms with E-state index in [1.54, 1.807) is 0 Å². The normalized spacial score (nSPS) is 10.7. The number of hydrogen-bond donors (Lipinski definition) is 1. The van der Waals surface area contributed by atoms with Gasteiger partial charge in [-0.05, 0) is 48.7 Å². The average Bonchev–Trinajstić information content (AvgIpc) is 2.48. The second-order valence-corrected chi connectivity index (χ2v) is 5.31. The lowest BCUT2D eigenvalue weighted by molar-refractivity contribution is 0.286. The van der Waals surface area contributed by atoms with E-state index in [1.165, 1.54) is 5.56 Å². The van der Waals surface area contributed by atoms with Crippen LogP contribution in [-0.4, -0.2) is 6.61 Å². The minimum atomic E-state index is 0.446. The molecule has 0 aliphatic heterocycles. The van der Waals surface area contributed by atoms with Gasteiger partial charge in [-0.25, -0.2) is 0 Å². The lowest BCUT2D eigenvalue weighted by Crippen LogP contribution is -2.02. The second-order valence-electron chi connectivity index (χ2n) is 5.31. The molecule has 3 nitrogen and oxygen atoms in total. The van der Waals surface area contributed by atoms with Gasteiger partial charge in [0.05, 0.1) is 6.61 Å². The molecular weight excluding hydrogens is 262 g/mol. The van der Waals surface area contributed by atoms with Crippen LogP contribution < -0.4 is 15.2 Å². The molecule has 0 bridgehead atoms. The van der Waals surface area contributed by atoms with Gasteiger partial charge in [0.1, 0.15) is 18.1 Å². The van der Waals surface area contributed by atoms with Crippen molar-refractivity contribution in [3.8, 4) is 11.5 Å². The van der Waals surface area contributed by atoms with Crippen molar-refractivity contribution in [1.29, 1.82) is 0 Å². The summed E-state index contributed by atoms with van der Waals surface area (Å²) in [6, 6.07) is 13.8. The predicted octanol–water partition coefficient (Wildman–Crippen LogP) is 4.37. The molecule has 0 saturated carbocycles. The molecule has 0 spiro atoms. The summed E-state index contributed by atoms with van der Waals surface area (Å²) in [6.45, 7) is 7.39. The summed E-state index contributed by atoms with van der Waals surface area (Å²) < 4.78 is 11.4. The molecule has 112 valence electrons. The molecule has 0 saturated heterocycles. The van der Waals surface area contributed by atoms with Gasteiger partial charge in [0.2, 0.25) is 0 Å². The van der Waals surface area contributed by atoms with E-state index in [0.29, 0.717) is 24.8 Å². The summed E-state index contributed by atoms with van der Waals surface area (Å²) >= 11 is 0. The Kier molecular flexibility index (Phi) is 5.09. The summed E-state index contributed by atoms with van der Waals surface area (Å²) in [5.41, 5.74) is 8.82. The van der Waals surface area contributed by atoms with E-state index < -0.39 is 0 Å². The Bertz CT molecular complexity index is 576. The van der Waals surface area contributed by atoms with Crippen LogP contribution in [0.25, 0.3) is 0 Å². The molecule has 2 N–H and O–H groups in total. The smallest absolute Gasteiger partial charge is 0.126 e. The molecule has 0 fully saturated rings. The highest BCUT2D eigenvalue weighted by Crippen LogP contribution is 2.24. The molecule has 0 aliphatic rings. The number of ether oxygens (including phenoxy) is 2. The van der Waals surface area contributed by atoms with Gasteiger partial charge in [-0.2, -0.15) is 0 Å². The van der Waals surface area contributed by atoms with Crippen LogP contribution in [-0.2, 0) is 6.61 Å². The summed E-state index contributed by atoms with van der Waals surface area (Å²) in [5.74, 6) is 2.20. The van der Waals surface area contributed by atoms with Crippen molar-refractivity contribution in [2.75, 3.05) is 12.3 Å². The molecule has 2 rings (SSSR count). The van der Waals surface area contributed by atoms with Crippen LogP contribution in [0.1, 0.15) is 37.8 Å². The van der Waals surface area contributed by atoms with E-state index in [4.69, 9.17) is 15.2 Å². The van der Waals surface area contributed by atoms with Crippen LogP contribution in [0.3, 0.4) is 0 Å². The fraction of sp³-hybridized carbons (Fsp3) is 0.333. The molecule has 0 radical (unpaired) electrons. The van der Waals surface area contributed by atoms with Gasteiger partial charge >= 0.3 is 0 Å². The standard InChI is InChI=1S/C18H23NO2/c1-4-20-18-10-7-16(19)11-15(18)12-21-17-8-5-14(6-9-17)13(2)3/h5-11,13H,4,12,19H2,1-3H3. The molecule has 0 unspecified atom stereocenters. The third-order valence-corrected chi connectivity index (χ3v) is 3.33. The van der Waals surface area contributed by atoms with Gasteiger partial charge in [-0.15, -0.1) is 0 Å². The van der Waals surface area contributed by atoms with Gasteiger partial charge in [0.25, 0.3) is 0 Å². The Labute approximate surface area is 126 Å². The van der Waals surface area contributed by atoms with E-state index >= 15 is 0 Å². The van der Waals surface area contributed by atoms with Gasteiger partial charge in [-0.3, -0.25) is 0 Å². The zero-order valence-corrected chi connectivity index (χ0v) is 12.9. The van der Waals surface area contributed by atoms with Crippen molar-refractivity contribution in [2.45, 2.75) is 33.3 Å². The molecule has 3 heteroatoms. The number of rotatable bonds is 6.